The summed E-state index contributed by atoms with van der Waals surface area (Å²) in [7, 11) is 3.84. The Hall–Kier alpha value is -2.92. The Morgan fingerprint density at radius 3 is 2.52 bits per heavy atom. The molecule has 0 aliphatic carbocycles. The number of nitrogens with two attached hydrogens (primary N) is 1. The summed E-state index contributed by atoms with van der Waals surface area (Å²) < 4.78 is 0. The number of anilines is 1. The summed E-state index contributed by atoms with van der Waals surface area (Å²) in [4.78, 5) is 29.4. The van der Waals surface area contributed by atoms with Crippen molar-refractivity contribution in [2.75, 3.05) is 32.9 Å². The molecule has 0 atom stereocenters. The van der Waals surface area contributed by atoms with Gasteiger partial charge in [-0.05, 0) is 43.1 Å². The summed E-state index contributed by atoms with van der Waals surface area (Å²) in [5.41, 5.74) is 7.92. The van der Waals surface area contributed by atoms with Crippen LogP contribution in [0.2, 0.25) is 0 Å². The zero-order valence-electron chi connectivity index (χ0n) is 14.2. The van der Waals surface area contributed by atoms with E-state index in [-0.39, 0.29) is 11.8 Å². The Kier molecular flexibility index (Phi) is 3.47. The quantitative estimate of drug-likeness (QED) is 0.455. The average Bonchev–Trinajstić information content (AvgIpc) is 2.58. The van der Waals surface area contributed by atoms with Gasteiger partial charge in [0, 0.05) is 35.1 Å². The van der Waals surface area contributed by atoms with Crippen LogP contribution in [0.1, 0.15) is 20.7 Å². The molecule has 0 aromatic heterocycles. The summed E-state index contributed by atoms with van der Waals surface area (Å²) in [6.45, 7) is 0.981. The minimum absolute atomic E-state index is 0.229. The zero-order valence-corrected chi connectivity index (χ0v) is 14.2. The molecule has 3 aromatic rings. The number of nitrogen functional groups attached to an aromatic ring is 1. The maximum Gasteiger partial charge on any atom is 0.262 e. The van der Waals surface area contributed by atoms with E-state index >= 15 is 0 Å². The van der Waals surface area contributed by atoms with Gasteiger partial charge in [0.25, 0.3) is 11.8 Å². The van der Waals surface area contributed by atoms with Gasteiger partial charge in [0.2, 0.25) is 0 Å². The fourth-order valence-corrected chi connectivity index (χ4v) is 3.50. The third-order valence-electron chi connectivity index (χ3n) is 4.76. The molecule has 1 aliphatic heterocycles. The average molecular weight is 333 g/mol. The van der Waals surface area contributed by atoms with Gasteiger partial charge in [-0.3, -0.25) is 14.5 Å². The van der Waals surface area contributed by atoms with Crippen LogP contribution in [0.5, 0.6) is 0 Å². The molecule has 25 heavy (non-hydrogen) atoms. The Labute approximate surface area is 145 Å². The van der Waals surface area contributed by atoms with Crippen molar-refractivity contribution in [1.82, 2.24) is 9.80 Å². The highest BCUT2D eigenvalue weighted by atomic mass is 16.2. The summed E-state index contributed by atoms with van der Waals surface area (Å²) in [5, 5.41) is 3.24. The number of fused-ring (bicyclic) bond motifs is 2. The number of hydrogen-bond donors (Lipinski definition) is 1. The predicted molar refractivity (Wildman–Crippen MR) is 99.8 cm³/mol. The van der Waals surface area contributed by atoms with Gasteiger partial charge in [0.05, 0.1) is 5.56 Å². The molecule has 0 saturated carbocycles. The highest BCUT2D eigenvalue weighted by Gasteiger charge is 2.34. The maximum atomic E-state index is 13.2. The number of hydrogen-bond acceptors (Lipinski definition) is 4. The molecule has 5 heteroatoms. The summed E-state index contributed by atoms with van der Waals surface area (Å²) in [5.74, 6) is -0.472. The lowest BCUT2D eigenvalue weighted by atomic mass is 9.89. The Morgan fingerprint density at radius 1 is 1.00 bits per heavy atom. The first-order valence-corrected chi connectivity index (χ1v) is 8.24. The van der Waals surface area contributed by atoms with Crippen molar-refractivity contribution in [3.05, 3.63) is 53.6 Å². The zero-order chi connectivity index (χ0) is 17.7. The van der Waals surface area contributed by atoms with Crippen LogP contribution in [0.25, 0.3) is 21.5 Å². The van der Waals surface area contributed by atoms with Crippen molar-refractivity contribution < 1.29 is 9.59 Å². The molecule has 0 spiro atoms. The number of rotatable bonds is 3. The number of likely N-dealkylation sites (N-methyl/N-ethyl adjacent to an activating group) is 1. The Balaban J connectivity index is 2.04. The minimum atomic E-state index is -0.244. The first-order chi connectivity index (χ1) is 12.0. The van der Waals surface area contributed by atoms with E-state index in [2.05, 4.69) is 0 Å². The number of carbonyl (C=O) groups excluding carboxylic acids is 2. The van der Waals surface area contributed by atoms with Gasteiger partial charge in [-0.1, -0.05) is 24.3 Å². The van der Waals surface area contributed by atoms with Crippen molar-refractivity contribution in [3.8, 4) is 0 Å². The van der Waals surface area contributed by atoms with E-state index < -0.39 is 0 Å². The van der Waals surface area contributed by atoms with Crippen molar-refractivity contribution in [2.24, 2.45) is 0 Å². The lowest BCUT2D eigenvalue weighted by molar-refractivity contribution is 0.0602. The molecule has 2 amide bonds. The molecule has 0 unspecified atom stereocenters. The second-order valence-electron chi connectivity index (χ2n) is 6.66. The van der Waals surface area contributed by atoms with E-state index in [1.54, 1.807) is 6.07 Å². The molecular formula is C20H19N3O2. The smallest absolute Gasteiger partial charge is 0.262 e. The monoisotopic (exact) mass is 333 g/mol. The highest BCUT2D eigenvalue weighted by Crippen LogP contribution is 2.37. The third-order valence-corrected chi connectivity index (χ3v) is 4.76. The molecule has 0 saturated heterocycles. The molecule has 1 aliphatic rings. The molecule has 5 nitrogen and oxygen atoms in total. The molecule has 4 rings (SSSR count). The maximum absolute atomic E-state index is 13.2. The van der Waals surface area contributed by atoms with Crippen LogP contribution in [0.4, 0.5) is 5.69 Å². The first kappa shape index (κ1) is 15.6. The summed E-state index contributed by atoms with van der Waals surface area (Å²) in [6, 6.07) is 13.1. The number of amides is 2. The van der Waals surface area contributed by atoms with E-state index in [0.29, 0.717) is 29.9 Å². The fourth-order valence-electron chi connectivity index (χ4n) is 3.50. The van der Waals surface area contributed by atoms with Gasteiger partial charge in [-0.15, -0.1) is 0 Å². The van der Waals surface area contributed by atoms with Crippen molar-refractivity contribution in [1.29, 1.82) is 0 Å². The molecule has 126 valence electrons. The van der Waals surface area contributed by atoms with Crippen molar-refractivity contribution >= 4 is 39.0 Å². The number of imide groups is 1. The van der Waals surface area contributed by atoms with E-state index in [0.717, 1.165) is 21.5 Å². The van der Waals surface area contributed by atoms with Crippen LogP contribution in [0.3, 0.4) is 0 Å². The molecule has 0 bridgehead atoms. The van der Waals surface area contributed by atoms with Crippen LogP contribution in [0.15, 0.2) is 42.5 Å². The summed E-state index contributed by atoms with van der Waals surface area (Å²) in [6.07, 6.45) is 0. The van der Waals surface area contributed by atoms with Crippen LogP contribution >= 0.6 is 0 Å². The second-order valence-corrected chi connectivity index (χ2v) is 6.66. The van der Waals surface area contributed by atoms with Crippen molar-refractivity contribution in [2.45, 2.75) is 0 Å². The lowest BCUT2D eigenvalue weighted by Crippen LogP contribution is -2.43. The number of nitrogens with zero attached hydrogens (tertiary/aromatic N) is 2. The molecule has 2 N–H and O–H groups in total. The van der Waals surface area contributed by atoms with E-state index in [4.69, 9.17) is 5.73 Å². The number of carbonyl (C=O) groups is 2. The van der Waals surface area contributed by atoms with E-state index in [1.807, 2.05) is 55.4 Å². The van der Waals surface area contributed by atoms with Crippen LogP contribution in [-0.2, 0) is 0 Å². The predicted octanol–water partition coefficient (Wildman–Crippen LogP) is 2.73. The third kappa shape index (κ3) is 2.27. The normalized spacial score (nSPS) is 14.1. The van der Waals surface area contributed by atoms with Gasteiger partial charge in [-0.2, -0.15) is 0 Å². The summed E-state index contributed by atoms with van der Waals surface area (Å²) >= 11 is 0. The van der Waals surface area contributed by atoms with Crippen molar-refractivity contribution in [3.63, 3.8) is 0 Å². The number of benzene rings is 3. The minimum Gasteiger partial charge on any atom is -0.398 e. The van der Waals surface area contributed by atoms with Crippen LogP contribution in [-0.4, -0.2) is 48.8 Å². The molecule has 0 fully saturated rings. The van der Waals surface area contributed by atoms with E-state index in [1.165, 1.54) is 4.90 Å². The molecule has 3 aromatic carbocycles. The van der Waals surface area contributed by atoms with Crippen LogP contribution in [0, 0.1) is 0 Å². The lowest BCUT2D eigenvalue weighted by Gasteiger charge is -2.29. The van der Waals surface area contributed by atoms with Crippen LogP contribution < -0.4 is 5.73 Å². The molecular weight excluding hydrogens is 314 g/mol. The van der Waals surface area contributed by atoms with Gasteiger partial charge >= 0.3 is 0 Å². The topological polar surface area (TPSA) is 66.6 Å². The van der Waals surface area contributed by atoms with Gasteiger partial charge in [-0.25, -0.2) is 0 Å². The van der Waals surface area contributed by atoms with E-state index in [9.17, 15) is 9.59 Å². The highest BCUT2D eigenvalue weighted by molar-refractivity contribution is 6.31. The van der Waals surface area contributed by atoms with Gasteiger partial charge in [0.1, 0.15) is 0 Å². The standard InChI is InChI=1S/C20H19N3O2/c1-22(2)9-10-23-19(24)14-7-3-5-12-11-15-13(6-4-8-16(15)21)18(17(12)14)20(23)25/h3-8,11H,9-10,21H2,1-2H3. The SMILES string of the molecule is CN(C)CCN1C(=O)c2cccc3cc4c(N)cccc4c(c23)C1=O. The first-order valence-electron chi connectivity index (χ1n) is 8.24. The van der Waals surface area contributed by atoms with Gasteiger partial charge < -0.3 is 10.6 Å². The molecule has 0 radical (unpaired) electrons. The molecule has 1 heterocycles. The van der Waals surface area contributed by atoms with Gasteiger partial charge in [0.15, 0.2) is 0 Å². The largest absolute Gasteiger partial charge is 0.398 e. The fraction of sp³-hybridized carbons (Fsp3) is 0.200. The Morgan fingerprint density at radius 2 is 1.76 bits per heavy atom. The Bertz CT molecular complexity index is 1040. The second kappa shape index (κ2) is 5.57.